The average molecular weight is 292 g/mol. The second-order valence-electron chi connectivity index (χ2n) is 5.17. The van der Waals surface area contributed by atoms with Crippen LogP contribution in [0.4, 0.5) is 10.9 Å². The molecule has 2 aromatic heterocycles. The minimum Gasteiger partial charge on any atom is -0.307 e. The summed E-state index contributed by atoms with van der Waals surface area (Å²) in [5, 5.41) is 5.18. The van der Waals surface area contributed by atoms with E-state index in [1.165, 1.54) is 23.7 Å². The number of hydrogen-bond donors (Lipinski definition) is 3. The Hall–Kier alpha value is -2.06. The van der Waals surface area contributed by atoms with Crippen molar-refractivity contribution >= 4 is 28.2 Å². The van der Waals surface area contributed by atoms with Crippen molar-refractivity contribution in [3.8, 4) is 0 Å². The first kappa shape index (κ1) is 14.4. The summed E-state index contributed by atoms with van der Waals surface area (Å²) in [7, 11) is 0. The number of carbonyl (C=O) groups is 1. The molecule has 0 saturated carbocycles. The van der Waals surface area contributed by atoms with Crippen LogP contribution in [0.1, 0.15) is 37.0 Å². The van der Waals surface area contributed by atoms with Crippen LogP contribution in [-0.4, -0.2) is 20.9 Å². The molecule has 2 rings (SSSR count). The summed E-state index contributed by atoms with van der Waals surface area (Å²) in [5.74, 6) is 5.22. The topological polar surface area (TPSA) is 106 Å². The molecule has 0 aliphatic carbocycles. The molecule has 0 aliphatic rings. The van der Waals surface area contributed by atoms with E-state index in [4.69, 9.17) is 5.84 Å². The second kappa shape index (κ2) is 5.51. The maximum atomic E-state index is 12.0. The Morgan fingerprint density at radius 2 is 2.05 bits per heavy atom. The summed E-state index contributed by atoms with van der Waals surface area (Å²) in [5.41, 5.74) is 3.44. The highest BCUT2D eigenvalue weighted by Gasteiger charge is 2.18. The predicted octanol–water partition coefficient (Wildman–Crippen LogP) is 1.77. The van der Waals surface area contributed by atoms with Gasteiger partial charge in [0.05, 0.1) is 18.1 Å². The van der Waals surface area contributed by atoms with Crippen LogP contribution in [0.25, 0.3) is 0 Å². The van der Waals surface area contributed by atoms with Crippen LogP contribution in [0.5, 0.6) is 0 Å². The molecule has 4 N–H and O–H groups in total. The van der Waals surface area contributed by atoms with Crippen molar-refractivity contribution in [1.29, 1.82) is 0 Å². The number of thiazole rings is 1. The summed E-state index contributed by atoms with van der Waals surface area (Å²) in [6.45, 7) is 6.20. The second-order valence-corrected chi connectivity index (χ2v) is 6.03. The number of anilines is 2. The Balaban J connectivity index is 2.09. The van der Waals surface area contributed by atoms with E-state index in [1.807, 2.05) is 5.38 Å². The Bertz CT molecular complexity index is 601. The lowest BCUT2D eigenvalue weighted by molar-refractivity contribution is 0.102. The smallest absolute Gasteiger partial charge is 0.277 e. The van der Waals surface area contributed by atoms with Crippen molar-refractivity contribution < 1.29 is 4.79 Å². The minimum absolute atomic E-state index is 0.0479. The SMILES string of the molecule is CC(C)(C)c1csc(NC(=O)c2cnc(NN)cn2)n1. The van der Waals surface area contributed by atoms with E-state index < -0.39 is 0 Å². The van der Waals surface area contributed by atoms with Gasteiger partial charge in [0.25, 0.3) is 5.91 Å². The third-order valence-electron chi connectivity index (χ3n) is 2.53. The van der Waals surface area contributed by atoms with E-state index in [1.54, 1.807) is 0 Å². The Morgan fingerprint density at radius 3 is 2.55 bits per heavy atom. The van der Waals surface area contributed by atoms with Crippen molar-refractivity contribution in [1.82, 2.24) is 15.0 Å². The molecule has 0 spiro atoms. The number of rotatable bonds is 3. The first-order valence-corrected chi connectivity index (χ1v) is 6.84. The average Bonchev–Trinajstić information content (AvgIpc) is 2.87. The standard InChI is InChI=1S/C12H16N6OS/c1-12(2,3)8-6-20-11(16-8)17-10(19)7-4-15-9(18-13)5-14-7/h4-6H,13H2,1-3H3,(H,15,18)(H,16,17,19). The molecule has 0 atom stereocenters. The van der Waals surface area contributed by atoms with Crippen LogP contribution < -0.4 is 16.6 Å². The van der Waals surface area contributed by atoms with Gasteiger partial charge >= 0.3 is 0 Å². The van der Waals surface area contributed by atoms with Gasteiger partial charge in [0, 0.05) is 10.8 Å². The molecule has 0 fully saturated rings. The highest BCUT2D eigenvalue weighted by molar-refractivity contribution is 7.14. The van der Waals surface area contributed by atoms with Crippen molar-refractivity contribution in [2.45, 2.75) is 26.2 Å². The quantitative estimate of drug-likeness (QED) is 0.588. The molecular formula is C12H16N6OS. The monoisotopic (exact) mass is 292 g/mol. The molecule has 0 aromatic carbocycles. The summed E-state index contributed by atoms with van der Waals surface area (Å²) < 4.78 is 0. The number of hydrogen-bond acceptors (Lipinski definition) is 7. The molecule has 106 valence electrons. The van der Waals surface area contributed by atoms with Crippen LogP contribution in [0.2, 0.25) is 0 Å². The lowest BCUT2D eigenvalue weighted by atomic mass is 9.93. The number of hydrazine groups is 1. The van der Waals surface area contributed by atoms with Crippen molar-refractivity contribution in [2.24, 2.45) is 5.84 Å². The van der Waals surface area contributed by atoms with E-state index >= 15 is 0 Å². The lowest BCUT2D eigenvalue weighted by Gasteiger charge is -2.14. The van der Waals surface area contributed by atoms with E-state index in [0.717, 1.165) is 5.69 Å². The van der Waals surface area contributed by atoms with Gasteiger partial charge in [-0.2, -0.15) is 0 Å². The van der Waals surface area contributed by atoms with Gasteiger partial charge in [-0.1, -0.05) is 20.8 Å². The number of nitrogens with two attached hydrogens (primary N) is 1. The third kappa shape index (κ3) is 3.28. The van der Waals surface area contributed by atoms with Gasteiger partial charge in [-0.15, -0.1) is 11.3 Å². The molecule has 0 bridgehead atoms. The molecule has 0 unspecified atom stereocenters. The summed E-state index contributed by atoms with van der Waals surface area (Å²) >= 11 is 1.38. The van der Waals surface area contributed by atoms with E-state index in [-0.39, 0.29) is 17.0 Å². The molecule has 0 aliphatic heterocycles. The van der Waals surface area contributed by atoms with Gasteiger partial charge in [-0.25, -0.2) is 20.8 Å². The molecule has 2 heterocycles. The molecule has 7 nitrogen and oxygen atoms in total. The van der Waals surface area contributed by atoms with E-state index in [2.05, 4.69) is 46.5 Å². The van der Waals surface area contributed by atoms with Crippen LogP contribution in [-0.2, 0) is 5.41 Å². The Kier molecular flexibility index (Phi) is 3.96. The van der Waals surface area contributed by atoms with Gasteiger partial charge in [0.2, 0.25) is 0 Å². The Morgan fingerprint density at radius 1 is 1.30 bits per heavy atom. The fraction of sp³-hybridized carbons (Fsp3) is 0.333. The molecule has 0 saturated heterocycles. The van der Waals surface area contributed by atoms with Crippen molar-refractivity contribution in [3.05, 3.63) is 29.2 Å². The molecule has 2 aromatic rings. The molecular weight excluding hydrogens is 276 g/mol. The number of nitrogens with one attached hydrogen (secondary N) is 2. The highest BCUT2D eigenvalue weighted by Crippen LogP contribution is 2.26. The maximum Gasteiger partial charge on any atom is 0.277 e. The summed E-state index contributed by atoms with van der Waals surface area (Å²) in [4.78, 5) is 24.2. The maximum absolute atomic E-state index is 12.0. The number of aromatic nitrogens is 3. The highest BCUT2D eigenvalue weighted by atomic mass is 32.1. The zero-order valence-electron chi connectivity index (χ0n) is 11.5. The fourth-order valence-electron chi connectivity index (χ4n) is 1.36. The number of carbonyl (C=O) groups excluding carboxylic acids is 1. The van der Waals surface area contributed by atoms with E-state index in [9.17, 15) is 4.79 Å². The lowest BCUT2D eigenvalue weighted by Crippen LogP contribution is -2.16. The van der Waals surface area contributed by atoms with Gasteiger partial charge < -0.3 is 5.43 Å². The largest absolute Gasteiger partial charge is 0.307 e. The molecule has 1 amide bonds. The number of nitrogen functional groups attached to an aromatic ring is 1. The van der Waals surface area contributed by atoms with Crippen LogP contribution in [0, 0.1) is 0 Å². The van der Waals surface area contributed by atoms with Crippen molar-refractivity contribution in [3.63, 3.8) is 0 Å². The van der Waals surface area contributed by atoms with Crippen LogP contribution >= 0.6 is 11.3 Å². The van der Waals surface area contributed by atoms with Gasteiger partial charge in [-0.05, 0) is 0 Å². The van der Waals surface area contributed by atoms with E-state index in [0.29, 0.717) is 10.9 Å². The normalized spacial score (nSPS) is 11.2. The van der Waals surface area contributed by atoms with Gasteiger partial charge in [-0.3, -0.25) is 10.1 Å². The number of nitrogens with zero attached hydrogens (tertiary/aromatic N) is 3. The first-order chi connectivity index (χ1) is 9.40. The molecule has 8 heteroatoms. The van der Waals surface area contributed by atoms with Crippen molar-refractivity contribution in [2.75, 3.05) is 10.7 Å². The van der Waals surface area contributed by atoms with Gasteiger partial charge in [0.15, 0.2) is 10.9 Å². The minimum atomic E-state index is -0.351. The summed E-state index contributed by atoms with van der Waals surface area (Å²) in [6, 6.07) is 0. The van der Waals surface area contributed by atoms with Crippen LogP contribution in [0.3, 0.4) is 0 Å². The fourth-order valence-corrected chi connectivity index (χ4v) is 2.29. The first-order valence-electron chi connectivity index (χ1n) is 5.96. The zero-order valence-corrected chi connectivity index (χ0v) is 12.3. The molecule has 0 radical (unpaired) electrons. The third-order valence-corrected chi connectivity index (χ3v) is 3.28. The van der Waals surface area contributed by atoms with Crippen LogP contribution in [0.15, 0.2) is 17.8 Å². The number of amides is 1. The predicted molar refractivity (Wildman–Crippen MR) is 78.6 cm³/mol. The summed E-state index contributed by atoms with van der Waals surface area (Å²) in [6.07, 6.45) is 2.74. The molecule has 20 heavy (non-hydrogen) atoms. The van der Waals surface area contributed by atoms with Gasteiger partial charge in [0.1, 0.15) is 5.69 Å². The Labute approximate surface area is 120 Å². The zero-order chi connectivity index (χ0) is 14.8.